The van der Waals surface area contributed by atoms with Gasteiger partial charge in [-0.25, -0.2) is 0 Å². The van der Waals surface area contributed by atoms with Crippen molar-refractivity contribution in [3.63, 3.8) is 0 Å². The van der Waals surface area contributed by atoms with Crippen molar-refractivity contribution in [3.05, 3.63) is 34.3 Å². The molecule has 1 aromatic rings. The zero-order valence-corrected chi connectivity index (χ0v) is 11.2. The van der Waals surface area contributed by atoms with E-state index in [0.29, 0.717) is 11.5 Å². The zero-order chi connectivity index (χ0) is 12.1. The molecule has 0 atom stereocenters. The Morgan fingerprint density at radius 2 is 2.19 bits per heavy atom. The minimum atomic E-state index is 0.332. The smallest absolute Gasteiger partial charge is 0.127 e. The Hall–Kier alpha value is -1.27. The number of benzene rings is 1. The summed E-state index contributed by atoms with van der Waals surface area (Å²) in [4.78, 5) is 0. The maximum absolute atomic E-state index is 9.15. The highest BCUT2D eigenvalue weighted by Gasteiger charge is 2.09. The van der Waals surface area contributed by atoms with Gasteiger partial charge in [-0.05, 0) is 24.1 Å². The van der Waals surface area contributed by atoms with Gasteiger partial charge < -0.3 is 4.74 Å². The molecule has 0 radical (unpaired) electrons. The first-order valence-electron chi connectivity index (χ1n) is 5.04. The van der Waals surface area contributed by atoms with Crippen LogP contribution in [0.2, 0.25) is 0 Å². The molecule has 0 saturated carbocycles. The number of rotatable bonds is 3. The first-order chi connectivity index (χ1) is 7.58. The Balaban J connectivity index is 3.30. The largest absolute Gasteiger partial charge is 0.496 e. The lowest BCUT2D eigenvalue weighted by Gasteiger charge is -2.08. The second-order valence-corrected chi connectivity index (χ2v) is 4.70. The van der Waals surface area contributed by atoms with Crippen molar-refractivity contribution in [3.8, 4) is 11.8 Å². The van der Waals surface area contributed by atoms with Crippen LogP contribution in [0.1, 0.15) is 19.4 Å². The predicted octanol–water partition coefficient (Wildman–Crippen LogP) is 4.02. The number of methoxy groups -OCH3 is 1. The molecule has 0 aliphatic rings. The molecule has 0 spiro atoms. The summed E-state index contributed by atoms with van der Waals surface area (Å²) < 4.78 is 6.19. The minimum Gasteiger partial charge on any atom is -0.496 e. The third kappa shape index (κ3) is 3.11. The van der Waals surface area contributed by atoms with E-state index >= 15 is 0 Å². The molecule has 84 valence electrons. The van der Waals surface area contributed by atoms with Gasteiger partial charge in [-0.3, -0.25) is 0 Å². The molecular formula is C13H14BrNO. The van der Waals surface area contributed by atoms with Crippen LogP contribution in [0.3, 0.4) is 0 Å². The number of ether oxygens (including phenoxy) is 1. The molecule has 2 nitrogen and oxygen atoms in total. The number of allylic oxidation sites excluding steroid dienone is 2. The maximum atomic E-state index is 9.15. The highest BCUT2D eigenvalue weighted by molar-refractivity contribution is 9.10. The molecule has 3 heteroatoms. The summed E-state index contributed by atoms with van der Waals surface area (Å²) in [7, 11) is 1.61. The molecule has 0 aromatic heterocycles. The van der Waals surface area contributed by atoms with Crippen LogP contribution in [0.4, 0.5) is 0 Å². The molecule has 0 aliphatic heterocycles. The van der Waals surface area contributed by atoms with E-state index in [4.69, 9.17) is 10.00 Å². The Morgan fingerprint density at radius 1 is 1.50 bits per heavy atom. The number of hydrogen-bond donors (Lipinski definition) is 0. The fourth-order valence-corrected chi connectivity index (χ4v) is 1.77. The lowest BCUT2D eigenvalue weighted by Crippen LogP contribution is -1.92. The van der Waals surface area contributed by atoms with E-state index < -0.39 is 0 Å². The van der Waals surface area contributed by atoms with Crippen LogP contribution in [0.5, 0.6) is 5.75 Å². The minimum absolute atomic E-state index is 0.332. The second kappa shape index (κ2) is 5.72. The molecule has 0 fully saturated rings. The van der Waals surface area contributed by atoms with Gasteiger partial charge in [-0.2, -0.15) is 5.26 Å². The maximum Gasteiger partial charge on any atom is 0.127 e. The number of hydrogen-bond acceptors (Lipinski definition) is 2. The summed E-state index contributed by atoms with van der Waals surface area (Å²) in [6, 6.07) is 7.86. The Kier molecular flexibility index (Phi) is 4.57. The van der Waals surface area contributed by atoms with Crippen molar-refractivity contribution in [2.45, 2.75) is 13.8 Å². The summed E-state index contributed by atoms with van der Waals surface area (Å²) in [5.74, 6) is 1.05. The molecule has 0 aliphatic carbocycles. The van der Waals surface area contributed by atoms with Gasteiger partial charge in [-0.15, -0.1) is 0 Å². The van der Waals surface area contributed by atoms with Crippen LogP contribution in [-0.2, 0) is 0 Å². The van der Waals surface area contributed by atoms with Crippen molar-refractivity contribution in [1.82, 2.24) is 0 Å². The third-order valence-corrected chi connectivity index (χ3v) is 2.57. The van der Waals surface area contributed by atoms with Crippen molar-refractivity contribution in [1.29, 1.82) is 5.26 Å². The van der Waals surface area contributed by atoms with Crippen LogP contribution >= 0.6 is 15.9 Å². The van der Waals surface area contributed by atoms with E-state index in [-0.39, 0.29) is 0 Å². The second-order valence-electron chi connectivity index (χ2n) is 3.78. The lowest BCUT2D eigenvalue weighted by molar-refractivity contribution is 0.413. The van der Waals surface area contributed by atoms with E-state index in [1.54, 1.807) is 7.11 Å². The van der Waals surface area contributed by atoms with Gasteiger partial charge in [0.2, 0.25) is 0 Å². The highest BCUT2D eigenvalue weighted by Crippen LogP contribution is 2.29. The van der Waals surface area contributed by atoms with Crippen LogP contribution in [0.25, 0.3) is 5.57 Å². The van der Waals surface area contributed by atoms with Crippen molar-refractivity contribution in [2.24, 2.45) is 5.92 Å². The number of nitriles is 1. The van der Waals surface area contributed by atoms with Gasteiger partial charge in [0.05, 0.1) is 18.8 Å². The van der Waals surface area contributed by atoms with E-state index in [9.17, 15) is 0 Å². The Labute approximate surface area is 105 Å². The normalized spacial score (nSPS) is 11.4. The van der Waals surface area contributed by atoms with Crippen LogP contribution in [0.15, 0.2) is 28.7 Å². The van der Waals surface area contributed by atoms with E-state index in [1.807, 2.05) is 38.1 Å². The van der Waals surface area contributed by atoms with Gasteiger partial charge in [0, 0.05) is 10.0 Å². The lowest BCUT2D eigenvalue weighted by atomic mass is 10.0. The summed E-state index contributed by atoms with van der Waals surface area (Å²) in [5, 5.41) is 9.15. The molecule has 1 rings (SSSR count). The monoisotopic (exact) mass is 279 g/mol. The third-order valence-electron chi connectivity index (χ3n) is 2.07. The van der Waals surface area contributed by atoms with Crippen molar-refractivity contribution in [2.75, 3.05) is 7.11 Å². The molecule has 0 unspecified atom stereocenters. The highest BCUT2D eigenvalue weighted by atomic mass is 79.9. The van der Waals surface area contributed by atoms with Gasteiger partial charge in [0.15, 0.2) is 0 Å². The first kappa shape index (κ1) is 12.8. The Morgan fingerprint density at radius 3 is 2.69 bits per heavy atom. The van der Waals surface area contributed by atoms with E-state index in [2.05, 4.69) is 22.0 Å². The molecule has 1 aromatic carbocycles. The van der Waals surface area contributed by atoms with Crippen LogP contribution in [0, 0.1) is 17.2 Å². The Bertz CT molecular complexity index is 444. The average molecular weight is 280 g/mol. The summed E-state index contributed by atoms with van der Waals surface area (Å²) in [6.45, 7) is 4.09. The van der Waals surface area contributed by atoms with Crippen LogP contribution in [-0.4, -0.2) is 7.11 Å². The van der Waals surface area contributed by atoms with Crippen molar-refractivity contribution >= 4 is 21.5 Å². The topological polar surface area (TPSA) is 33.0 Å². The number of nitrogens with zero attached hydrogens (tertiary/aromatic N) is 1. The molecule has 0 heterocycles. The quantitative estimate of drug-likeness (QED) is 0.783. The van der Waals surface area contributed by atoms with Gasteiger partial charge >= 0.3 is 0 Å². The molecule has 0 N–H and O–H groups in total. The summed E-state index contributed by atoms with van der Waals surface area (Å²) in [6.07, 6.45) is 1.93. The van der Waals surface area contributed by atoms with Gasteiger partial charge in [0.25, 0.3) is 0 Å². The zero-order valence-electron chi connectivity index (χ0n) is 9.62. The fourth-order valence-electron chi connectivity index (χ4n) is 1.41. The fraction of sp³-hybridized carbons (Fsp3) is 0.308. The van der Waals surface area contributed by atoms with E-state index in [1.165, 1.54) is 0 Å². The summed E-state index contributed by atoms with van der Waals surface area (Å²) >= 11 is 3.40. The van der Waals surface area contributed by atoms with Crippen LogP contribution < -0.4 is 4.74 Å². The average Bonchev–Trinajstić information content (AvgIpc) is 2.25. The van der Waals surface area contributed by atoms with Gasteiger partial charge in [-0.1, -0.05) is 35.9 Å². The molecular weight excluding hydrogens is 266 g/mol. The van der Waals surface area contributed by atoms with E-state index in [0.717, 1.165) is 15.8 Å². The molecule has 0 bridgehead atoms. The standard InChI is InChI=1S/C13H14BrNO/c1-9(2)6-10(8-15)12-7-11(14)4-5-13(12)16-3/h4-7,9H,1-3H3/b10-6+. The first-order valence-corrected chi connectivity index (χ1v) is 5.83. The van der Waals surface area contributed by atoms with Gasteiger partial charge in [0.1, 0.15) is 5.75 Å². The summed E-state index contributed by atoms with van der Waals surface area (Å²) in [5.41, 5.74) is 1.47. The molecule has 0 saturated heterocycles. The molecule has 0 amide bonds. The predicted molar refractivity (Wildman–Crippen MR) is 69.1 cm³/mol. The SMILES string of the molecule is COc1ccc(Br)cc1/C(C#N)=C/C(C)C. The van der Waals surface area contributed by atoms with Crippen molar-refractivity contribution < 1.29 is 4.74 Å². The number of halogens is 1. The molecule has 16 heavy (non-hydrogen) atoms.